The lowest BCUT2D eigenvalue weighted by atomic mass is 10.0. The van der Waals surface area contributed by atoms with Gasteiger partial charge in [-0.05, 0) is 100 Å². The number of nitrogens with one attached hydrogen (secondary N) is 1. The van der Waals surface area contributed by atoms with Crippen molar-refractivity contribution in [1.29, 1.82) is 0 Å². The van der Waals surface area contributed by atoms with Crippen LogP contribution in [0, 0.1) is 5.92 Å². The Kier molecular flexibility index (Phi) is 12.3. The van der Waals surface area contributed by atoms with Crippen molar-refractivity contribution in [3.8, 4) is 17.2 Å². The predicted octanol–water partition coefficient (Wildman–Crippen LogP) is 5.80. The summed E-state index contributed by atoms with van der Waals surface area (Å²) >= 11 is 5.96. The van der Waals surface area contributed by atoms with Gasteiger partial charge in [0, 0.05) is 42.9 Å². The highest BCUT2D eigenvalue weighted by Crippen LogP contribution is 2.33. The van der Waals surface area contributed by atoms with Crippen LogP contribution in [-0.4, -0.2) is 87.6 Å². The van der Waals surface area contributed by atoms with Gasteiger partial charge in [0.15, 0.2) is 11.5 Å². The maximum atomic E-state index is 14.4. The molecule has 2 aliphatic rings. The number of aliphatic hydroxyl groups excluding tert-OH is 1. The topological polar surface area (TPSA) is 127 Å². The van der Waals surface area contributed by atoms with Gasteiger partial charge in [-0.1, -0.05) is 24.6 Å². The van der Waals surface area contributed by atoms with Crippen molar-refractivity contribution < 1.29 is 37.3 Å². The van der Waals surface area contributed by atoms with Crippen LogP contribution in [0.2, 0.25) is 5.02 Å². The number of benzene rings is 3. The summed E-state index contributed by atoms with van der Waals surface area (Å²) in [5.74, 6) is 1.33. The third kappa shape index (κ3) is 9.58. The fourth-order valence-corrected chi connectivity index (χ4v) is 7.17. The molecule has 1 amide bonds. The fourth-order valence-electron chi connectivity index (χ4n) is 6.00. The number of halogens is 1. The highest BCUT2D eigenvalue weighted by Gasteiger charge is 2.31. The van der Waals surface area contributed by atoms with Crippen molar-refractivity contribution in [2.75, 3.05) is 44.9 Å². The van der Waals surface area contributed by atoms with Crippen LogP contribution in [0.5, 0.6) is 17.2 Å². The first kappa shape index (κ1) is 36.7. The average Bonchev–Trinajstić information content (AvgIpc) is 3.54. The lowest BCUT2D eigenvalue weighted by Gasteiger charge is -2.36. The number of anilines is 1. The largest absolute Gasteiger partial charge is 0.490 e. The van der Waals surface area contributed by atoms with Crippen molar-refractivity contribution in [3.63, 3.8) is 0 Å². The van der Waals surface area contributed by atoms with Crippen molar-refractivity contribution in [2.24, 2.45) is 5.92 Å². The zero-order chi connectivity index (χ0) is 35.1. The first-order valence-corrected chi connectivity index (χ1v) is 18.5. The second kappa shape index (κ2) is 16.4. The van der Waals surface area contributed by atoms with Crippen LogP contribution in [0.4, 0.5) is 5.69 Å². The molecule has 0 unspecified atom stereocenters. The molecule has 0 spiro atoms. The molecule has 0 radical (unpaired) electrons. The third-order valence-corrected chi connectivity index (χ3v) is 10.5. The number of likely N-dealkylation sites (N-methyl/N-ethyl adjacent to an activating group) is 1. The number of sulfonamides is 1. The summed E-state index contributed by atoms with van der Waals surface area (Å²) in [6.45, 7) is 7.87. The molecule has 0 fully saturated rings. The number of rotatable bonds is 9. The number of carbonyl (C=O) groups is 1. The number of nitrogens with zero attached hydrogens (tertiary/aromatic N) is 2. The van der Waals surface area contributed by atoms with Crippen molar-refractivity contribution in [1.82, 2.24) is 9.80 Å². The number of hydrogen-bond acceptors (Lipinski definition) is 9. The lowest BCUT2D eigenvalue weighted by molar-refractivity contribution is -0.0177. The van der Waals surface area contributed by atoms with Gasteiger partial charge in [-0.2, -0.15) is 0 Å². The third-order valence-electron chi connectivity index (χ3n) is 8.81. The van der Waals surface area contributed by atoms with Gasteiger partial charge in [0.05, 0.1) is 35.3 Å². The van der Waals surface area contributed by atoms with Crippen LogP contribution < -0.4 is 18.9 Å². The molecule has 2 N–H and O–H groups in total. The number of carbonyl (C=O) groups excluding carboxylic acids is 1. The molecular weight excluding hydrogens is 670 g/mol. The Balaban J connectivity index is 1.40. The Bertz CT molecular complexity index is 1690. The Labute approximate surface area is 294 Å². The standard InChI is InChI=1S/C36H46ClN3O8S/c1-24-19-40(25(2)22-41)36(42)31-18-29(38-49(43,44)30-12-9-28(37)10-13-30)11-15-32(31)48-26(3)7-5-6-16-45-35(24)21-39(4)20-27-8-14-33-34(17-27)47-23-46-33/h8-15,17-18,24-26,35,38,41H,5-7,16,19-23H2,1-4H3/t24-,25-,26+,35-/m1/s1. The van der Waals surface area contributed by atoms with E-state index in [-0.39, 0.29) is 53.6 Å². The van der Waals surface area contributed by atoms with Crippen LogP contribution in [0.3, 0.4) is 0 Å². The molecule has 5 rings (SSSR count). The van der Waals surface area contributed by atoms with Gasteiger partial charge in [-0.25, -0.2) is 8.42 Å². The molecule has 2 heterocycles. The summed E-state index contributed by atoms with van der Waals surface area (Å²) in [6.07, 6.45) is 2.02. The quantitative estimate of drug-likeness (QED) is 0.283. The summed E-state index contributed by atoms with van der Waals surface area (Å²) < 4.78 is 52.8. The molecule has 13 heteroatoms. The van der Waals surface area contributed by atoms with Crippen molar-refractivity contribution >= 4 is 33.2 Å². The van der Waals surface area contributed by atoms with Gasteiger partial charge >= 0.3 is 0 Å². The molecule has 11 nitrogen and oxygen atoms in total. The molecule has 0 saturated heterocycles. The fraction of sp³-hybridized carbons (Fsp3) is 0.472. The Hall–Kier alpha value is -3.55. The summed E-state index contributed by atoms with van der Waals surface area (Å²) in [4.78, 5) is 18.3. The molecule has 266 valence electrons. The molecule has 4 atom stereocenters. The van der Waals surface area contributed by atoms with Gasteiger partial charge in [0.25, 0.3) is 15.9 Å². The predicted molar refractivity (Wildman–Crippen MR) is 188 cm³/mol. The van der Waals surface area contributed by atoms with Gasteiger partial charge in [0.2, 0.25) is 6.79 Å². The minimum atomic E-state index is -3.97. The first-order valence-electron chi connectivity index (χ1n) is 16.6. The van der Waals surface area contributed by atoms with E-state index in [0.29, 0.717) is 37.0 Å². The maximum Gasteiger partial charge on any atom is 0.261 e. The molecule has 0 aliphatic carbocycles. The molecule has 3 aromatic rings. The van der Waals surface area contributed by atoms with E-state index in [0.717, 1.165) is 36.3 Å². The van der Waals surface area contributed by atoms with E-state index in [4.69, 9.17) is 30.5 Å². The van der Waals surface area contributed by atoms with E-state index < -0.39 is 16.1 Å². The summed E-state index contributed by atoms with van der Waals surface area (Å²) in [6, 6.07) is 15.9. The number of fused-ring (bicyclic) bond motifs is 2. The minimum Gasteiger partial charge on any atom is -0.490 e. The van der Waals surface area contributed by atoms with Gasteiger partial charge in [0.1, 0.15) is 5.75 Å². The molecule has 49 heavy (non-hydrogen) atoms. The molecule has 0 aromatic heterocycles. The van der Waals surface area contributed by atoms with Gasteiger partial charge < -0.3 is 29.0 Å². The molecule has 0 saturated carbocycles. The van der Waals surface area contributed by atoms with E-state index in [1.54, 1.807) is 24.0 Å². The molecular formula is C36H46ClN3O8S. The highest BCUT2D eigenvalue weighted by atomic mass is 35.5. The Morgan fingerprint density at radius 2 is 1.76 bits per heavy atom. The Morgan fingerprint density at radius 1 is 1.02 bits per heavy atom. The van der Waals surface area contributed by atoms with Crippen LogP contribution in [-0.2, 0) is 21.3 Å². The van der Waals surface area contributed by atoms with Crippen LogP contribution in [0.15, 0.2) is 65.6 Å². The molecule has 2 aliphatic heterocycles. The van der Waals surface area contributed by atoms with Gasteiger partial charge in [-0.3, -0.25) is 14.4 Å². The normalized spacial score (nSPS) is 21.1. The van der Waals surface area contributed by atoms with Crippen LogP contribution in [0.1, 0.15) is 56.0 Å². The molecule has 0 bridgehead atoms. The number of hydrogen-bond donors (Lipinski definition) is 2. The van der Waals surface area contributed by atoms with Gasteiger partial charge in [-0.15, -0.1) is 0 Å². The zero-order valence-electron chi connectivity index (χ0n) is 28.4. The average molecular weight is 716 g/mol. The molecule has 3 aromatic carbocycles. The van der Waals surface area contributed by atoms with E-state index in [1.165, 1.54) is 30.3 Å². The van der Waals surface area contributed by atoms with E-state index >= 15 is 0 Å². The smallest absolute Gasteiger partial charge is 0.261 e. The second-order valence-electron chi connectivity index (χ2n) is 13.0. The van der Waals surface area contributed by atoms with E-state index in [1.807, 2.05) is 39.1 Å². The second-order valence-corrected chi connectivity index (χ2v) is 15.1. The van der Waals surface area contributed by atoms with Crippen LogP contribution >= 0.6 is 11.6 Å². The van der Waals surface area contributed by atoms with Crippen molar-refractivity contribution in [3.05, 3.63) is 76.8 Å². The Morgan fingerprint density at radius 3 is 2.51 bits per heavy atom. The minimum absolute atomic E-state index is 0.0343. The SMILES string of the molecule is C[C@@H]1CN([C@H](C)CO)C(=O)c2cc(NS(=O)(=O)c3ccc(Cl)cc3)ccc2O[C@@H](C)CCCCO[C@@H]1CN(C)Cc1ccc2c(c1)OCO2. The van der Waals surface area contributed by atoms with E-state index in [2.05, 4.69) is 9.62 Å². The number of aliphatic hydroxyl groups is 1. The monoisotopic (exact) mass is 715 g/mol. The summed E-state index contributed by atoms with van der Waals surface area (Å²) in [5.41, 5.74) is 1.49. The summed E-state index contributed by atoms with van der Waals surface area (Å²) in [7, 11) is -1.94. The number of ether oxygens (including phenoxy) is 4. The lowest BCUT2D eigenvalue weighted by Crippen LogP contribution is -2.47. The van der Waals surface area contributed by atoms with Crippen LogP contribution in [0.25, 0.3) is 0 Å². The van der Waals surface area contributed by atoms with Crippen molar-refractivity contribution in [2.45, 2.75) is 69.7 Å². The van der Waals surface area contributed by atoms with E-state index in [9.17, 15) is 18.3 Å². The summed E-state index contributed by atoms with van der Waals surface area (Å²) in [5, 5.41) is 10.7. The highest BCUT2D eigenvalue weighted by molar-refractivity contribution is 7.92. The zero-order valence-corrected chi connectivity index (χ0v) is 30.0. The maximum absolute atomic E-state index is 14.4. The number of amides is 1. The first-order chi connectivity index (χ1) is 23.4.